The highest BCUT2D eigenvalue weighted by Crippen LogP contribution is 2.27. The van der Waals surface area contributed by atoms with Crippen molar-refractivity contribution in [3.8, 4) is 5.69 Å². The SMILES string of the molecule is c1ccc(-n2cc(C3CO3)nn2)cc1. The molecule has 0 spiro atoms. The number of aromatic nitrogens is 3. The van der Waals surface area contributed by atoms with Crippen LogP contribution >= 0.6 is 0 Å². The van der Waals surface area contributed by atoms with E-state index in [1.54, 1.807) is 4.68 Å². The number of benzene rings is 1. The fourth-order valence-electron chi connectivity index (χ4n) is 1.35. The Morgan fingerprint density at radius 3 is 2.79 bits per heavy atom. The molecule has 4 nitrogen and oxygen atoms in total. The molecule has 1 atom stereocenters. The van der Waals surface area contributed by atoms with Gasteiger partial charge in [0.15, 0.2) is 0 Å². The van der Waals surface area contributed by atoms with Gasteiger partial charge in [-0.2, -0.15) is 0 Å². The van der Waals surface area contributed by atoms with Crippen molar-refractivity contribution in [1.82, 2.24) is 15.0 Å². The summed E-state index contributed by atoms with van der Waals surface area (Å²) in [7, 11) is 0. The highest BCUT2D eigenvalue weighted by Gasteiger charge is 2.27. The molecule has 0 aliphatic carbocycles. The average molecular weight is 187 g/mol. The summed E-state index contributed by atoms with van der Waals surface area (Å²) in [6.07, 6.45) is 2.08. The van der Waals surface area contributed by atoms with E-state index in [2.05, 4.69) is 10.3 Å². The fourth-order valence-corrected chi connectivity index (χ4v) is 1.35. The minimum Gasteiger partial charge on any atom is -0.366 e. The lowest BCUT2D eigenvalue weighted by Crippen LogP contribution is -1.93. The predicted molar refractivity (Wildman–Crippen MR) is 50.1 cm³/mol. The van der Waals surface area contributed by atoms with Crippen molar-refractivity contribution in [2.75, 3.05) is 6.61 Å². The van der Waals surface area contributed by atoms with Gasteiger partial charge in [-0.3, -0.25) is 0 Å². The van der Waals surface area contributed by atoms with Gasteiger partial charge in [-0.1, -0.05) is 23.4 Å². The molecule has 1 aromatic carbocycles. The first-order valence-corrected chi connectivity index (χ1v) is 4.53. The summed E-state index contributed by atoms with van der Waals surface area (Å²) in [5.74, 6) is 0. The second-order valence-corrected chi connectivity index (χ2v) is 3.25. The van der Waals surface area contributed by atoms with Gasteiger partial charge in [0.05, 0.1) is 18.5 Å². The Bertz CT molecular complexity index is 434. The van der Waals surface area contributed by atoms with Gasteiger partial charge in [-0.15, -0.1) is 5.10 Å². The smallest absolute Gasteiger partial charge is 0.126 e. The van der Waals surface area contributed by atoms with E-state index in [1.165, 1.54) is 0 Å². The zero-order chi connectivity index (χ0) is 9.38. The molecule has 0 radical (unpaired) electrons. The van der Waals surface area contributed by atoms with Gasteiger partial charge in [-0.05, 0) is 12.1 Å². The van der Waals surface area contributed by atoms with Crippen LogP contribution in [-0.2, 0) is 4.74 Å². The lowest BCUT2D eigenvalue weighted by Gasteiger charge is -1.96. The van der Waals surface area contributed by atoms with Crippen molar-refractivity contribution in [1.29, 1.82) is 0 Å². The molecule has 2 heterocycles. The summed E-state index contributed by atoms with van der Waals surface area (Å²) in [5.41, 5.74) is 1.93. The van der Waals surface area contributed by atoms with Crippen LogP contribution < -0.4 is 0 Å². The van der Waals surface area contributed by atoms with E-state index < -0.39 is 0 Å². The minimum atomic E-state index is 0.174. The van der Waals surface area contributed by atoms with Crippen LogP contribution in [0.4, 0.5) is 0 Å². The van der Waals surface area contributed by atoms with Crippen molar-refractivity contribution >= 4 is 0 Å². The highest BCUT2D eigenvalue weighted by atomic mass is 16.6. The Balaban J connectivity index is 1.96. The number of hydrogen-bond donors (Lipinski definition) is 0. The van der Waals surface area contributed by atoms with Gasteiger partial charge in [-0.25, -0.2) is 4.68 Å². The zero-order valence-electron chi connectivity index (χ0n) is 7.50. The molecule has 0 amide bonds. The Labute approximate surface area is 81.1 Å². The van der Waals surface area contributed by atoms with Crippen molar-refractivity contribution < 1.29 is 4.74 Å². The van der Waals surface area contributed by atoms with E-state index >= 15 is 0 Å². The molecular formula is C10H9N3O. The Kier molecular flexibility index (Phi) is 1.61. The van der Waals surface area contributed by atoms with Gasteiger partial charge < -0.3 is 4.74 Å². The molecule has 0 N–H and O–H groups in total. The first-order chi connectivity index (χ1) is 6.93. The minimum absolute atomic E-state index is 0.174. The van der Waals surface area contributed by atoms with Crippen LogP contribution in [0.15, 0.2) is 36.5 Å². The van der Waals surface area contributed by atoms with Gasteiger partial charge >= 0.3 is 0 Å². The third-order valence-corrected chi connectivity index (χ3v) is 2.20. The number of para-hydroxylation sites is 1. The predicted octanol–water partition coefficient (Wildman–Crippen LogP) is 1.34. The lowest BCUT2D eigenvalue weighted by atomic mass is 10.3. The van der Waals surface area contributed by atoms with E-state index in [1.807, 2.05) is 36.5 Å². The highest BCUT2D eigenvalue weighted by molar-refractivity contribution is 5.30. The van der Waals surface area contributed by atoms with Crippen molar-refractivity contribution in [2.24, 2.45) is 0 Å². The van der Waals surface area contributed by atoms with E-state index in [4.69, 9.17) is 4.74 Å². The summed E-state index contributed by atoms with van der Waals surface area (Å²) in [6, 6.07) is 9.92. The molecule has 14 heavy (non-hydrogen) atoms. The van der Waals surface area contributed by atoms with Crippen LogP contribution in [0.25, 0.3) is 5.69 Å². The van der Waals surface area contributed by atoms with E-state index in [0.717, 1.165) is 18.0 Å². The lowest BCUT2D eigenvalue weighted by molar-refractivity contribution is 0.411. The molecule has 4 heteroatoms. The van der Waals surface area contributed by atoms with Crippen LogP contribution in [0.5, 0.6) is 0 Å². The third-order valence-electron chi connectivity index (χ3n) is 2.20. The van der Waals surface area contributed by atoms with Crippen molar-refractivity contribution in [2.45, 2.75) is 6.10 Å². The van der Waals surface area contributed by atoms with E-state index in [9.17, 15) is 0 Å². The number of hydrogen-bond acceptors (Lipinski definition) is 3. The molecule has 3 rings (SSSR count). The maximum Gasteiger partial charge on any atom is 0.126 e. The van der Waals surface area contributed by atoms with Gasteiger partial charge in [0.2, 0.25) is 0 Å². The molecule has 1 unspecified atom stereocenters. The molecule has 1 aromatic heterocycles. The summed E-state index contributed by atoms with van der Waals surface area (Å²) >= 11 is 0. The topological polar surface area (TPSA) is 43.2 Å². The average Bonchev–Trinajstić information content (AvgIpc) is 2.98. The molecule has 1 saturated heterocycles. The molecule has 1 fully saturated rings. The molecule has 1 aliphatic rings. The quantitative estimate of drug-likeness (QED) is 0.666. The summed E-state index contributed by atoms with van der Waals surface area (Å²) in [6.45, 7) is 0.771. The standard InChI is InChI=1S/C10H9N3O/c1-2-4-8(5-3-1)13-6-9(11-12-13)10-7-14-10/h1-6,10H,7H2. The van der Waals surface area contributed by atoms with Crippen molar-refractivity contribution in [3.63, 3.8) is 0 Å². The second kappa shape index (κ2) is 2.92. The van der Waals surface area contributed by atoms with Crippen LogP contribution in [-0.4, -0.2) is 21.6 Å². The number of ether oxygens (including phenoxy) is 1. The normalized spacial score (nSPS) is 19.6. The fraction of sp³-hybridized carbons (Fsp3) is 0.200. The maximum absolute atomic E-state index is 5.13. The van der Waals surface area contributed by atoms with Crippen LogP contribution in [0.2, 0.25) is 0 Å². The summed E-state index contributed by atoms with van der Waals surface area (Å²) < 4.78 is 6.89. The number of nitrogens with zero attached hydrogens (tertiary/aromatic N) is 3. The zero-order valence-corrected chi connectivity index (χ0v) is 7.50. The van der Waals surface area contributed by atoms with Crippen molar-refractivity contribution in [3.05, 3.63) is 42.2 Å². The molecule has 70 valence electrons. The molecule has 1 aliphatic heterocycles. The Morgan fingerprint density at radius 2 is 2.07 bits per heavy atom. The first kappa shape index (κ1) is 7.70. The molecule has 2 aromatic rings. The van der Waals surface area contributed by atoms with Crippen LogP contribution in [0.3, 0.4) is 0 Å². The third kappa shape index (κ3) is 1.29. The van der Waals surface area contributed by atoms with E-state index in [0.29, 0.717) is 0 Å². The summed E-state index contributed by atoms with van der Waals surface area (Å²) in [5, 5.41) is 8.08. The molecule has 0 bridgehead atoms. The first-order valence-electron chi connectivity index (χ1n) is 4.53. The van der Waals surface area contributed by atoms with Crippen LogP contribution in [0.1, 0.15) is 11.8 Å². The molecule has 0 saturated carbocycles. The maximum atomic E-state index is 5.13. The largest absolute Gasteiger partial charge is 0.366 e. The van der Waals surface area contributed by atoms with Gasteiger partial charge in [0.25, 0.3) is 0 Å². The molecular weight excluding hydrogens is 178 g/mol. The van der Waals surface area contributed by atoms with Gasteiger partial charge in [0, 0.05) is 0 Å². The number of epoxide rings is 1. The van der Waals surface area contributed by atoms with E-state index in [-0.39, 0.29) is 6.10 Å². The monoisotopic (exact) mass is 187 g/mol. The summed E-state index contributed by atoms with van der Waals surface area (Å²) in [4.78, 5) is 0. The van der Waals surface area contributed by atoms with Crippen LogP contribution in [0, 0.1) is 0 Å². The van der Waals surface area contributed by atoms with Gasteiger partial charge in [0.1, 0.15) is 11.8 Å². The Hall–Kier alpha value is -1.68. The number of rotatable bonds is 2. The Morgan fingerprint density at radius 1 is 1.29 bits per heavy atom. The second-order valence-electron chi connectivity index (χ2n) is 3.25.